The van der Waals surface area contributed by atoms with Gasteiger partial charge in [-0.1, -0.05) is 12.8 Å². The minimum Gasteiger partial charge on any atom is -0.299 e. The second-order valence-corrected chi connectivity index (χ2v) is 9.09. The van der Waals surface area contributed by atoms with Crippen LogP contribution in [0.3, 0.4) is 0 Å². The molecule has 1 amide bonds. The van der Waals surface area contributed by atoms with E-state index >= 15 is 0 Å². The number of amides is 1. The van der Waals surface area contributed by atoms with Crippen molar-refractivity contribution in [1.29, 1.82) is 0 Å². The number of hydrogen-bond acceptors (Lipinski definition) is 5. The number of carbonyl (C=O) groups is 1. The van der Waals surface area contributed by atoms with Crippen molar-refractivity contribution in [3.05, 3.63) is 0 Å². The quantitative estimate of drug-likeness (QED) is 0.597. The molecule has 0 spiro atoms. The molecule has 3 N–H and O–H groups in total. The van der Waals surface area contributed by atoms with Gasteiger partial charge in [0.25, 0.3) is 5.91 Å². The van der Waals surface area contributed by atoms with Gasteiger partial charge in [-0.3, -0.25) is 25.3 Å². The Kier molecular flexibility index (Phi) is 6.09. The van der Waals surface area contributed by atoms with Crippen molar-refractivity contribution >= 4 is 17.5 Å². The van der Waals surface area contributed by atoms with Gasteiger partial charge in [-0.2, -0.15) is 13.2 Å². The lowest BCUT2D eigenvalue weighted by atomic mass is 9.78. The van der Waals surface area contributed by atoms with E-state index in [0.29, 0.717) is 32.6 Å². The van der Waals surface area contributed by atoms with Crippen LogP contribution in [0.2, 0.25) is 0 Å². The maximum Gasteiger partial charge on any atom is 0.392 e. The zero-order valence-corrected chi connectivity index (χ0v) is 16.6. The summed E-state index contributed by atoms with van der Waals surface area (Å²) < 4.78 is 40.3. The van der Waals surface area contributed by atoms with Gasteiger partial charge >= 0.3 is 6.18 Å². The van der Waals surface area contributed by atoms with Gasteiger partial charge in [0.05, 0.1) is 5.92 Å². The number of hydrazine groups is 1. The molecule has 10 heteroatoms. The van der Waals surface area contributed by atoms with Gasteiger partial charge in [0.15, 0.2) is 0 Å². The van der Waals surface area contributed by atoms with Gasteiger partial charge in [-0.15, -0.1) is 11.6 Å². The third kappa shape index (κ3) is 4.14. The van der Waals surface area contributed by atoms with Crippen LogP contribution >= 0.6 is 11.6 Å². The molecule has 6 nitrogen and oxygen atoms in total. The molecule has 6 unspecified atom stereocenters. The fourth-order valence-electron chi connectivity index (χ4n) is 5.52. The van der Waals surface area contributed by atoms with E-state index in [1.807, 2.05) is 0 Å². The van der Waals surface area contributed by atoms with Crippen LogP contribution in [0, 0.1) is 11.8 Å². The molecule has 160 valence electrons. The molecule has 0 bridgehead atoms. The molecule has 3 saturated heterocycles. The number of likely N-dealkylation sites (tertiary alicyclic amines) is 1. The minimum atomic E-state index is -4.09. The van der Waals surface area contributed by atoms with Crippen LogP contribution in [-0.2, 0) is 4.79 Å². The summed E-state index contributed by atoms with van der Waals surface area (Å²) >= 11 is 6.29. The van der Waals surface area contributed by atoms with Gasteiger partial charge in [0.1, 0.15) is 5.38 Å². The first kappa shape index (κ1) is 20.7. The normalized spacial score (nSPS) is 40.9. The molecule has 4 rings (SSSR count). The van der Waals surface area contributed by atoms with Crippen LogP contribution < -0.4 is 16.2 Å². The third-order valence-electron chi connectivity index (χ3n) is 7.01. The number of piperidine rings is 1. The van der Waals surface area contributed by atoms with Crippen LogP contribution in [0.15, 0.2) is 0 Å². The van der Waals surface area contributed by atoms with Gasteiger partial charge in [-0.05, 0) is 25.2 Å². The zero-order valence-electron chi connectivity index (χ0n) is 15.8. The number of nitrogens with one attached hydrogen (secondary N) is 3. The van der Waals surface area contributed by atoms with Crippen molar-refractivity contribution in [3.63, 3.8) is 0 Å². The molecule has 3 aliphatic heterocycles. The van der Waals surface area contributed by atoms with Crippen molar-refractivity contribution in [1.82, 2.24) is 26.0 Å². The SMILES string of the molecule is O=C1NNCC(N2CCC3C(C2)NCN3CC2CCCCC2C(F)(F)F)C1Cl. The van der Waals surface area contributed by atoms with Crippen LogP contribution in [0.4, 0.5) is 13.2 Å². The Bertz CT molecular complexity index is 580. The van der Waals surface area contributed by atoms with E-state index in [2.05, 4.69) is 26.0 Å². The Morgan fingerprint density at radius 2 is 1.93 bits per heavy atom. The fourth-order valence-corrected chi connectivity index (χ4v) is 5.82. The van der Waals surface area contributed by atoms with Crippen LogP contribution in [-0.4, -0.2) is 78.2 Å². The summed E-state index contributed by atoms with van der Waals surface area (Å²) in [6.07, 6.45) is -0.698. The molecular formula is C18H29ClF3N5O. The lowest BCUT2D eigenvalue weighted by Crippen LogP contribution is -2.65. The van der Waals surface area contributed by atoms with E-state index in [-0.39, 0.29) is 36.4 Å². The minimum absolute atomic E-state index is 0.0693. The molecule has 6 atom stereocenters. The van der Waals surface area contributed by atoms with Crippen molar-refractivity contribution < 1.29 is 18.0 Å². The number of fused-ring (bicyclic) bond motifs is 1. The lowest BCUT2D eigenvalue weighted by Gasteiger charge is -2.44. The molecule has 0 aromatic heterocycles. The molecule has 0 aromatic rings. The lowest BCUT2D eigenvalue weighted by molar-refractivity contribution is -0.198. The summed E-state index contributed by atoms with van der Waals surface area (Å²) in [4.78, 5) is 16.3. The number of alkyl halides is 4. The van der Waals surface area contributed by atoms with Gasteiger partial charge in [0.2, 0.25) is 0 Å². The highest BCUT2D eigenvalue weighted by atomic mass is 35.5. The molecule has 4 aliphatic rings. The highest BCUT2D eigenvalue weighted by Crippen LogP contribution is 2.42. The second kappa shape index (κ2) is 8.26. The summed E-state index contributed by atoms with van der Waals surface area (Å²) in [5.74, 6) is -1.67. The molecule has 3 heterocycles. The van der Waals surface area contributed by atoms with E-state index in [1.165, 1.54) is 0 Å². The highest BCUT2D eigenvalue weighted by molar-refractivity contribution is 6.31. The Morgan fingerprint density at radius 3 is 2.71 bits per heavy atom. The van der Waals surface area contributed by atoms with E-state index < -0.39 is 17.5 Å². The van der Waals surface area contributed by atoms with E-state index in [1.54, 1.807) is 0 Å². The third-order valence-corrected chi connectivity index (χ3v) is 7.50. The number of nitrogens with zero attached hydrogens (tertiary/aromatic N) is 2. The number of hydrogen-bond donors (Lipinski definition) is 3. The fraction of sp³-hybridized carbons (Fsp3) is 0.944. The summed E-state index contributed by atoms with van der Waals surface area (Å²) in [6, 6.07) is 0.391. The molecular weight excluding hydrogens is 395 g/mol. The summed E-state index contributed by atoms with van der Waals surface area (Å²) in [5, 5.41) is 2.89. The molecule has 0 radical (unpaired) electrons. The zero-order chi connectivity index (χ0) is 19.9. The monoisotopic (exact) mass is 423 g/mol. The first-order chi connectivity index (χ1) is 13.3. The van der Waals surface area contributed by atoms with Crippen LogP contribution in [0.5, 0.6) is 0 Å². The maximum atomic E-state index is 13.4. The van der Waals surface area contributed by atoms with Crippen molar-refractivity contribution in [2.24, 2.45) is 11.8 Å². The summed E-state index contributed by atoms with van der Waals surface area (Å²) in [7, 11) is 0. The van der Waals surface area contributed by atoms with E-state index in [9.17, 15) is 18.0 Å². The average molecular weight is 424 g/mol. The Morgan fingerprint density at radius 1 is 1.14 bits per heavy atom. The smallest absolute Gasteiger partial charge is 0.299 e. The number of carbonyl (C=O) groups excluding carboxylic acids is 1. The Labute approximate surface area is 168 Å². The average Bonchev–Trinajstić information content (AvgIpc) is 3.06. The number of halogens is 4. The first-order valence-electron chi connectivity index (χ1n) is 10.3. The molecule has 0 aromatic carbocycles. The Hall–Kier alpha value is -0.610. The standard InChI is InChI=1S/C18H29ClF3N5O/c19-16-15(7-24-25-17(16)28)26-6-5-14-13(9-26)23-10-27(14)8-11-3-1-2-4-12(11)18(20,21)22/h11-16,23-24H,1-10H2,(H,25,28). The molecule has 4 fully saturated rings. The summed E-state index contributed by atoms with van der Waals surface area (Å²) in [6.45, 7) is 3.31. The predicted molar refractivity (Wildman–Crippen MR) is 99.6 cm³/mol. The van der Waals surface area contributed by atoms with Crippen molar-refractivity contribution in [3.8, 4) is 0 Å². The van der Waals surface area contributed by atoms with Gasteiger partial charge in [-0.25, -0.2) is 5.43 Å². The van der Waals surface area contributed by atoms with Gasteiger partial charge < -0.3 is 0 Å². The van der Waals surface area contributed by atoms with Crippen molar-refractivity contribution in [2.75, 3.05) is 32.8 Å². The molecule has 1 aliphatic carbocycles. The molecule has 28 heavy (non-hydrogen) atoms. The van der Waals surface area contributed by atoms with Gasteiger partial charge in [0, 0.05) is 51.0 Å². The predicted octanol–water partition coefficient (Wildman–Crippen LogP) is 1.27. The summed E-state index contributed by atoms with van der Waals surface area (Å²) in [5.41, 5.74) is 5.44. The van der Waals surface area contributed by atoms with E-state index in [0.717, 1.165) is 25.9 Å². The maximum absolute atomic E-state index is 13.4. The van der Waals surface area contributed by atoms with Crippen molar-refractivity contribution in [2.45, 2.75) is 61.8 Å². The molecule has 1 saturated carbocycles. The largest absolute Gasteiger partial charge is 0.392 e. The first-order valence-corrected chi connectivity index (χ1v) is 10.7. The topological polar surface area (TPSA) is 59.6 Å². The highest BCUT2D eigenvalue weighted by Gasteiger charge is 2.48. The number of rotatable bonds is 3. The van der Waals surface area contributed by atoms with Crippen LogP contribution in [0.1, 0.15) is 32.1 Å². The Balaban J connectivity index is 1.36. The van der Waals surface area contributed by atoms with Crippen LogP contribution in [0.25, 0.3) is 0 Å². The second-order valence-electron chi connectivity index (χ2n) is 8.62. The van der Waals surface area contributed by atoms with E-state index in [4.69, 9.17) is 11.6 Å².